The van der Waals surface area contributed by atoms with Gasteiger partial charge in [0.2, 0.25) is 0 Å². The van der Waals surface area contributed by atoms with Crippen LogP contribution in [0, 0.1) is 32.3 Å². The Balaban J connectivity index is 2.34. The Hall–Kier alpha value is -1.92. The number of anilines is 2. The average molecular weight is 512 g/mol. The van der Waals surface area contributed by atoms with Gasteiger partial charge in [-0.25, -0.2) is 23.0 Å². The normalized spacial score (nSPS) is 11.4. The summed E-state index contributed by atoms with van der Waals surface area (Å²) in [5, 5.41) is 11.4. The predicted octanol–water partition coefficient (Wildman–Crippen LogP) is 4.27. The molecule has 0 unspecified atom stereocenters. The molecule has 0 fully saturated rings. The van der Waals surface area contributed by atoms with E-state index in [9.17, 15) is 22.4 Å². The lowest BCUT2D eigenvalue weighted by Crippen LogP contribution is -2.32. The first kappa shape index (κ1) is 22.4. The van der Waals surface area contributed by atoms with Gasteiger partial charge in [0.25, 0.3) is 5.91 Å². The number of hydroxylamine groups is 1. The topological polar surface area (TPSA) is 70.6 Å². The highest BCUT2D eigenvalue weighted by molar-refractivity contribution is 14.1. The van der Waals surface area contributed by atoms with E-state index in [1.165, 1.54) is 12.1 Å². The Kier molecular flexibility index (Phi) is 7.23. The van der Waals surface area contributed by atoms with E-state index >= 15 is 0 Å². The summed E-state index contributed by atoms with van der Waals surface area (Å²) in [6.07, 6.45) is 0. The predicted molar refractivity (Wildman–Crippen MR) is 103 cm³/mol. The number of nitrogens with one attached hydrogen (secondary N) is 2. The second kappa shape index (κ2) is 9.05. The zero-order valence-electron chi connectivity index (χ0n) is 14.9. The summed E-state index contributed by atoms with van der Waals surface area (Å²) in [4.78, 5) is 17.3. The van der Waals surface area contributed by atoms with E-state index in [4.69, 9.17) is 9.94 Å². The van der Waals surface area contributed by atoms with Crippen LogP contribution in [0.15, 0.2) is 24.3 Å². The average Bonchev–Trinajstić information content (AvgIpc) is 2.63. The summed E-state index contributed by atoms with van der Waals surface area (Å²) in [6, 6.07) is 4.38. The van der Waals surface area contributed by atoms with Crippen LogP contribution in [0.25, 0.3) is 0 Å². The molecule has 5 nitrogen and oxygen atoms in total. The third kappa shape index (κ3) is 5.32. The minimum Gasteiger partial charge on any atom is -0.396 e. The molecule has 2 aromatic rings. The lowest BCUT2D eigenvalue weighted by atomic mass is 9.97. The minimum atomic E-state index is -1.81. The van der Waals surface area contributed by atoms with Crippen LogP contribution in [0.3, 0.4) is 0 Å². The maximum atomic E-state index is 14.3. The summed E-state index contributed by atoms with van der Waals surface area (Å²) in [7, 11) is 0. The lowest BCUT2D eigenvalue weighted by Gasteiger charge is -2.21. The number of rotatable bonds is 7. The fraction of sp³-hybridized carbons (Fsp3) is 0.278. The molecule has 28 heavy (non-hydrogen) atoms. The van der Waals surface area contributed by atoms with Gasteiger partial charge in [0.1, 0.15) is 5.82 Å². The van der Waals surface area contributed by atoms with Crippen molar-refractivity contribution in [3.63, 3.8) is 0 Å². The molecule has 0 saturated heterocycles. The monoisotopic (exact) mass is 512 g/mol. The molecule has 2 rings (SSSR count). The highest BCUT2D eigenvalue weighted by Gasteiger charge is 2.25. The molecule has 1 amide bonds. The first-order valence-corrected chi connectivity index (χ1v) is 9.06. The highest BCUT2D eigenvalue weighted by atomic mass is 127. The third-order valence-electron chi connectivity index (χ3n) is 3.65. The van der Waals surface area contributed by atoms with Crippen LogP contribution in [-0.2, 0) is 4.84 Å². The lowest BCUT2D eigenvalue weighted by molar-refractivity contribution is -0.0197. The fourth-order valence-corrected chi connectivity index (χ4v) is 2.47. The van der Waals surface area contributed by atoms with Crippen LogP contribution in [0.2, 0.25) is 0 Å². The van der Waals surface area contributed by atoms with Crippen molar-refractivity contribution in [2.24, 2.45) is 5.41 Å². The Bertz CT molecular complexity index is 894. The van der Waals surface area contributed by atoms with Crippen LogP contribution < -0.4 is 10.8 Å². The molecule has 0 heterocycles. The van der Waals surface area contributed by atoms with E-state index in [-0.39, 0.29) is 18.9 Å². The van der Waals surface area contributed by atoms with Gasteiger partial charge < -0.3 is 10.4 Å². The maximum Gasteiger partial charge on any atom is 0.277 e. The summed E-state index contributed by atoms with van der Waals surface area (Å²) < 4.78 is 56.2. The van der Waals surface area contributed by atoms with Crippen LogP contribution in [0.1, 0.15) is 24.2 Å². The second-order valence-corrected chi connectivity index (χ2v) is 7.95. The SMILES string of the molecule is CC(C)(CO)CONC(=O)c1cc(F)c(F)c(F)c1Nc1ccc(I)cc1F. The summed E-state index contributed by atoms with van der Waals surface area (Å²) >= 11 is 1.86. The van der Waals surface area contributed by atoms with Crippen LogP contribution >= 0.6 is 22.6 Å². The van der Waals surface area contributed by atoms with E-state index in [2.05, 4.69) is 5.32 Å². The molecule has 0 atom stereocenters. The second-order valence-electron chi connectivity index (χ2n) is 6.70. The van der Waals surface area contributed by atoms with Gasteiger partial charge in [0.15, 0.2) is 17.5 Å². The Morgan fingerprint density at radius 2 is 1.82 bits per heavy atom. The van der Waals surface area contributed by atoms with Gasteiger partial charge in [-0.15, -0.1) is 0 Å². The van der Waals surface area contributed by atoms with Crippen molar-refractivity contribution in [3.05, 3.63) is 56.7 Å². The van der Waals surface area contributed by atoms with Crippen molar-refractivity contribution in [1.29, 1.82) is 0 Å². The summed E-state index contributed by atoms with van der Waals surface area (Å²) in [6.45, 7) is 2.98. The van der Waals surface area contributed by atoms with Gasteiger partial charge in [-0.1, -0.05) is 13.8 Å². The number of aliphatic hydroxyl groups is 1. The van der Waals surface area contributed by atoms with Crippen molar-refractivity contribution < 1.29 is 32.3 Å². The molecule has 0 spiro atoms. The number of hydrogen-bond donors (Lipinski definition) is 3. The van der Waals surface area contributed by atoms with Crippen molar-refractivity contribution in [1.82, 2.24) is 5.48 Å². The Morgan fingerprint density at radius 1 is 1.14 bits per heavy atom. The van der Waals surface area contributed by atoms with E-state index in [1.54, 1.807) is 13.8 Å². The number of benzene rings is 2. The molecule has 3 N–H and O–H groups in total. The molecular formula is C18H17F4IN2O3. The molecule has 0 aliphatic rings. The largest absolute Gasteiger partial charge is 0.396 e. The van der Waals surface area contributed by atoms with Crippen LogP contribution in [0.5, 0.6) is 0 Å². The van der Waals surface area contributed by atoms with Crippen molar-refractivity contribution in [2.45, 2.75) is 13.8 Å². The fourth-order valence-electron chi connectivity index (χ4n) is 2.02. The number of hydrogen-bond acceptors (Lipinski definition) is 4. The number of amides is 1. The zero-order valence-corrected chi connectivity index (χ0v) is 17.0. The molecular weight excluding hydrogens is 495 g/mol. The first-order valence-electron chi connectivity index (χ1n) is 7.98. The first-order chi connectivity index (χ1) is 13.1. The van der Waals surface area contributed by atoms with Crippen molar-refractivity contribution in [2.75, 3.05) is 18.5 Å². The van der Waals surface area contributed by atoms with Gasteiger partial charge in [-0.3, -0.25) is 9.63 Å². The van der Waals surface area contributed by atoms with E-state index in [0.29, 0.717) is 9.64 Å². The number of carbonyl (C=O) groups excluding carboxylic acids is 1. The van der Waals surface area contributed by atoms with E-state index in [0.717, 1.165) is 6.07 Å². The van der Waals surface area contributed by atoms with Crippen LogP contribution in [-0.4, -0.2) is 24.2 Å². The molecule has 10 heteroatoms. The smallest absolute Gasteiger partial charge is 0.277 e. The minimum absolute atomic E-state index is 0.101. The number of carbonyl (C=O) groups is 1. The standard InChI is InChI=1S/C18H17F4IN2O3/c1-18(2,7-26)8-28-25-17(27)10-6-12(20)14(21)15(22)16(10)24-13-4-3-9(23)5-11(13)19/h3-6,24,26H,7-8H2,1-2H3,(H,25,27). The molecule has 152 valence electrons. The van der Waals surface area contributed by atoms with Crippen LogP contribution in [0.4, 0.5) is 28.9 Å². The molecule has 0 radical (unpaired) electrons. The zero-order chi connectivity index (χ0) is 21.1. The van der Waals surface area contributed by atoms with E-state index in [1.807, 2.05) is 28.1 Å². The number of halogens is 5. The van der Waals surface area contributed by atoms with Gasteiger partial charge in [-0.2, -0.15) is 0 Å². The van der Waals surface area contributed by atoms with Gasteiger partial charge >= 0.3 is 0 Å². The highest BCUT2D eigenvalue weighted by Crippen LogP contribution is 2.30. The molecule has 0 aliphatic carbocycles. The van der Waals surface area contributed by atoms with Gasteiger partial charge in [-0.05, 0) is 46.9 Å². The molecule has 0 saturated carbocycles. The quantitative estimate of drug-likeness (QED) is 0.225. The molecule has 0 aliphatic heterocycles. The summed E-state index contributed by atoms with van der Waals surface area (Å²) in [5.41, 5.74) is -0.322. The molecule has 0 aromatic heterocycles. The van der Waals surface area contributed by atoms with Crippen molar-refractivity contribution in [3.8, 4) is 0 Å². The number of aliphatic hydroxyl groups excluding tert-OH is 1. The molecule has 2 aromatic carbocycles. The Labute approximate surface area is 172 Å². The van der Waals surface area contributed by atoms with Crippen molar-refractivity contribution >= 4 is 39.9 Å². The third-order valence-corrected chi connectivity index (χ3v) is 4.32. The summed E-state index contributed by atoms with van der Waals surface area (Å²) in [5.74, 6) is -6.94. The van der Waals surface area contributed by atoms with E-state index < -0.39 is 45.8 Å². The maximum absolute atomic E-state index is 14.3. The van der Waals surface area contributed by atoms with Gasteiger partial charge in [0.05, 0.1) is 30.2 Å². The Morgan fingerprint density at radius 3 is 2.43 bits per heavy atom. The van der Waals surface area contributed by atoms with Gasteiger partial charge in [0, 0.05) is 8.99 Å². The molecule has 0 bridgehead atoms.